The van der Waals surface area contributed by atoms with Crippen LogP contribution in [0.3, 0.4) is 0 Å². The molecule has 0 spiro atoms. The van der Waals surface area contributed by atoms with Gasteiger partial charge < -0.3 is 10.1 Å². The SMILES string of the molecule is CNCCCn1cc(S(=O)(=O)NCC2CCOCC2)cn1. The highest BCUT2D eigenvalue weighted by Gasteiger charge is 2.20. The van der Waals surface area contributed by atoms with E-state index in [2.05, 4.69) is 15.1 Å². The van der Waals surface area contributed by atoms with Crippen molar-refractivity contribution in [2.24, 2.45) is 5.92 Å². The van der Waals surface area contributed by atoms with Crippen molar-refractivity contribution in [2.45, 2.75) is 30.7 Å². The summed E-state index contributed by atoms with van der Waals surface area (Å²) in [6.45, 7) is 3.49. The molecule has 1 fully saturated rings. The molecule has 0 bridgehead atoms. The second kappa shape index (κ2) is 7.88. The Kier molecular flexibility index (Phi) is 6.16. The van der Waals surface area contributed by atoms with E-state index in [-0.39, 0.29) is 4.90 Å². The van der Waals surface area contributed by atoms with Crippen molar-refractivity contribution in [3.63, 3.8) is 0 Å². The summed E-state index contributed by atoms with van der Waals surface area (Å²) >= 11 is 0. The van der Waals surface area contributed by atoms with Crippen molar-refractivity contribution in [2.75, 3.05) is 33.4 Å². The summed E-state index contributed by atoms with van der Waals surface area (Å²) in [5.74, 6) is 0.360. The molecule has 7 nitrogen and oxygen atoms in total. The van der Waals surface area contributed by atoms with Crippen LogP contribution in [0.15, 0.2) is 17.3 Å². The van der Waals surface area contributed by atoms with E-state index in [1.165, 1.54) is 6.20 Å². The van der Waals surface area contributed by atoms with Crippen molar-refractivity contribution in [1.29, 1.82) is 0 Å². The fourth-order valence-electron chi connectivity index (χ4n) is 2.28. The second-order valence-corrected chi connectivity index (χ2v) is 7.07. The van der Waals surface area contributed by atoms with E-state index in [4.69, 9.17) is 4.74 Å². The van der Waals surface area contributed by atoms with Crippen LogP contribution in [0.1, 0.15) is 19.3 Å². The molecule has 2 rings (SSSR count). The Hall–Kier alpha value is -0.960. The van der Waals surface area contributed by atoms with Crippen LogP contribution in [-0.4, -0.2) is 51.5 Å². The Bertz CT molecular complexity index is 523. The molecule has 0 amide bonds. The van der Waals surface area contributed by atoms with Crippen molar-refractivity contribution >= 4 is 10.0 Å². The van der Waals surface area contributed by atoms with Gasteiger partial charge in [0.15, 0.2) is 0 Å². The van der Waals surface area contributed by atoms with Gasteiger partial charge in [0.05, 0.1) is 6.20 Å². The number of sulfonamides is 1. The van der Waals surface area contributed by atoms with Gasteiger partial charge in [-0.15, -0.1) is 0 Å². The van der Waals surface area contributed by atoms with Gasteiger partial charge in [-0.1, -0.05) is 0 Å². The molecule has 1 aromatic rings. The summed E-state index contributed by atoms with van der Waals surface area (Å²) < 4.78 is 34.0. The molecule has 0 aliphatic carbocycles. The summed E-state index contributed by atoms with van der Waals surface area (Å²) in [5.41, 5.74) is 0. The number of nitrogens with one attached hydrogen (secondary N) is 2. The first-order valence-electron chi connectivity index (χ1n) is 7.36. The number of hydrogen-bond donors (Lipinski definition) is 2. The molecule has 0 saturated carbocycles. The number of hydrogen-bond acceptors (Lipinski definition) is 5. The highest BCUT2D eigenvalue weighted by Crippen LogP contribution is 2.15. The third kappa shape index (κ3) is 5.06. The Morgan fingerprint density at radius 3 is 2.90 bits per heavy atom. The third-order valence-corrected chi connectivity index (χ3v) is 5.01. The molecule has 8 heteroatoms. The molecule has 1 aliphatic heterocycles. The van der Waals surface area contributed by atoms with Crippen molar-refractivity contribution in [3.8, 4) is 0 Å². The quantitative estimate of drug-likeness (QED) is 0.669. The van der Waals surface area contributed by atoms with Gasteiger partial charge in [-0.05, 0) is 38.8 Å². The zero-order chi connectivity index (χ0) is 15.1. The average molecular weight is 316 g/mol. The van der Waals surface area contributed by atoms with Crippen LogP contribution in [0.25, 0.3) is 0 Å². The molecule has 2 N–H and O–H groups in total. The molecule has 2 heterocycles. The first-order valence-corrected chi connectivity index (χ1v) is 8.84. The minimum absolute atomic E-state index is 0.235. The van der Waals surface area contributed by atoms with Gasteiger partial charge in [0.25, 0.3) is 0 Å². The Labute approximate surface area is 126 Å². The monoisotopic (exact) mass is 316 g/mol. The predicted molar refractivity (Wildman–Crippen MR) is 79.5 cm³/mol. The second-order valence-electron chi connectivity index (χ2n) is 5.30. The summed E-state index contributed by atoms with van der Waals surface area (Å²) in [6.07, 6.45) is 5.72. The highest BCUT2D eigenvalue weighted by atomic mass is 32.2. The molecular weight excluding hydrogens is 292 g/mol. The van der Waals surface area contributed by atoms with E-state index in [0.717, 1.165) is 39.0 Å². The lowest BCUT2D eigenvalue weighted by atomic mass is 10.0. The lowest BCUT2D eigenvalue weighted by molar-refractivity contribution is 0.0678. The van der Waals surface area contributed by atoms with Gasteiger partial charge in [0.2, 0.25) is 10.0 Å². The van der Waals surface area contributed by atoms with E-state index in [1.807, 2.05) is 7.05 Å². The molecule has 1 saturated heterocycles. The number of rotatable bonds is 8. The molecule has 1 aliphatic rings. The fourth-order valence-corrected chi connectivity index (χ4v) is 3.35. The van der Waals surface area contributed by atoms with Gasteiger partial charge in [0.1, 0.15) is 4.90 Å². The lowest BCUT2D eigenvalue weighted by Crippen LogP contribution is -2.32. The van der Waals surface area contributed by atoms with Crippen LogP contribution in [0.5, 0.6) is 0 Å². The van der Waals surface area contributed by atoms with Gasteiger partial charge in [0, 0.05) is 32.5 Å². The fraction of sp³-hybridized carbons (Fsp3) is 0.769. The molecule has 0 unspecified atom stereocenters. The maximum Gasteiger partial charge on any atom is 0.243 e. The first-order chi connectivity index (χ1) is 10.1. The topological polar surface area (TPSA) is 85.2 Å². The minimum atomic E-state index is -3.46. The first kappa shape index (κ1) is 16.4. The standard InChI is InChI=1S/C13H24N4O3S/c1-14-5-2-6-17-11-13(10-15-17)21(18,19)16-9-12-3-7-20-8-4-12/h10-12,14,16H,2-9H2,1H3. The molecule has 0 aromatic carbocycles. The Balaban J connectivity index is 1.86. The number of ether oxygens (including phenoxy) is 1. The summed E-state index contributed by atoms with van der Waals surface area (Å²) in [4.78, 5) is 0.235. The van der Waals surface area contributed by atoms with Crippen LogP contribution in [0.4, 0.5) is 0 Å². The molecular formula is C13H24N4O3S. The maximum absolute atomic E-state index is 12.2. The predicted octanol–water partition coefficient (Wildman–Crippen LogP) is 0.198. The van der Waals surface area contributed by atoms with Gasteiger partial charge in [-0.3, -0.25) is 4.68 Å². The normalized spacial score (nSPS) is 17.2. The van der Waals surface area contributed by atoms with Crippen LogP contribution < -0.4 is 10.0 Å². The Morgan fingerprint density at radius 2 is 2.19 bits per heavy atom. The van der Waals surface area contributed by atoms with Crippen molar-refractivity contribution < 1.29 is 13.2 Å². The zero-order valence-corrected chi connectivity index (χ0v) is 13.2. The van der Waals surface area contributed by atoms with Crippen LogP contribution in [0, 0.1) is 5.92 Å². The van der Waals surface area contributed by atoms with Crippen molar-refractivity contribution in [3.05, 3.63) is 12.4 Å². The summed E-state index contributed by atoms with van der Waals surface area (Å²) in [5, 5.41) is 7.15. The summed E-state index contributed by atoms with van der Waals surface area (Å²) in [7, 11) is -1.57. The Morgan fingerprint density at radius 1 is 1.43 bits per heavy atom. The number of aromatic nitrogens is 2. The number of nitrogens with zero attached hydrogens (tertiary/aromatic N) is 2. The molecule has 21 heavy (non-hydrogen) atoms. The van der Waals surface area contributed by atoms with E-state index in [1.54, 1.807) is 10.9 Å². The molecule has 0 radical (unpaired) electrons. The minimum Gasteiger partial charge on any atom is -0.381 e. The van der Waals surface area contributed by atoms with E-state index < -0.39 is 10.0 Å². The third-order valence-electron chi connectivity index (χ3n) is 3.64. The summed E-state index contributed by atoms with van der Waals surface area (Å²) in [6, 6.07) is 0. The maximum atomic E-state index is 12.2. The van der Waals surface area contributed by atoms with Crippen LogP contribution in [0.2, 0.25) is 0 Å². The average Bonchev–Trinajstić information content (AvgIpc) is 2.96. The van der Waals surface area contributed by atoms with Crippen LogP contribution in [-0.2, 0) is 21.3 Å². The lowest BCUT2D eigenvalue weighted by Gasteiger charge is -2.21. The van der Waals surface area contributed by atoms with E-state index >= 15 is 0 Å². The van der Waals surface area contributed by atoms with Crippen molar-refractivity contribution in [1.82, 2.24) is 19.8 Å². The zero-order valence-electron chi connectivity index (χ0n) is 12.4. The van der Waals surface area contributed by atoms with E-state index in [0.29, 0.717) is 19.0 Å². The van der Waals surface area contributed by atoms with Crippen LogP contribution >= 0.6 is 0 Å². The molecule has 1 aromatic heterocycles. The van der Waals surface area contributed by atoms with Gasteiger partial charge in [-0.2, -0.15) is 5.10 Å². The molecule has 120 valence electrons. The molecule has 0 atom stereocenters. The number of aryl methyl sites for hydroxylation is 1. The van der Waals surface area contributed by atoms with Gasteiger partial charge >= 0.3 is 0 Å². The van der Waals surface area contributed by atoms with Gasteiger partial charge in [-0.25, -0.2) is 13.1 Å². The highest BCUT2D eigenvalue weighted by molar-refractivity contribution is 7.89. The van der Waals surface area contributed by atoms with E-state index in [9.17, 15) is 8.42 Å². The smallest absolute Gasteiger partial charge is 0.243 e. The largest absolute Gasteiger partial charge is 0.381 e.